The number of hydrogen-bond donors (Lipinski definition) is 2. The van der Waals surface area contributed by atoms with Crippen molar-refractivity contribution < 1.29 is 14.6 Å². The average Bonchev–Trinajstić information content (AvgIpc) is 2.39. The lowest BCUT2D eigenvalue weighted by molar-refractivity contribution is -0.122. The summed E-state index contributed by atoms with van der Waals surface area (Å²) in [5, 5.41) is 12.0. The van der Waals surface area contributed by atoms with Crippen molar-refractivity contribution in [2.75, 3.05) is 13.2 Å². The first-order valence-electron chi connectivity index (χ1n) is 7.05. The fraction of sp³-hybridized carbons (Fsp3) is 0.562. The fourth-order valence-corrected chi connectivity index (χ4v) is 1.97. The lowest BCUT2D eigenvalue weighted by atomic mass is 10.1. The van der Waals surface area contributed by atoms with Crippen LogP contribution >= 0.6 is 0 Å². The summed E-state index contributed by atoms with van der Waals surface area (Å²) in [5.74, 6) is 0.968. The van der Waals surface area contributed by atoms with Crippen molar-refractivity contribution in [3.05, 3.63) is 29.3 Å². The molecule has 1 aromatic carbocycles. The number of nitrogens with one attached hydrogen (secondary N) is 1. The highest BCUT2D eigenvalue weighted by molar-refractivity contribution is 5.76. The van der Waals surface area contributed by atoms with Gasteiger partial charge in [0.2, 0.25) is 5.91 Å². The normalized spacial score (nSPS) is 12.3. The van der Waals surface area contributed by atoms with Crippen molar-refractivity contribution >= 4 is 5.91 Å². The summed E-state index contributed by atoms with van der Waals surface area (Å²) < 4.78 is 5.69. The molecule has 0 heterocycles. The van der Waals surface area contributed by atoms with Crippen molar-refractivity contribution in [2.45, 2.75) is 40.2 Å². The molecule has 0 fully saturated rings. The second-order valence-electron chi connectivity index (χ2n) is 5.42. The van der Waals surface area contributed by atoms with Gasteiger partial charge in [0, 0.05) is 0 Å². The van der Waals surface area contributed by atoms with E-state index in [2.05, 4.69) is 5.32 Å². The molecular formula is C16H25NO3. The summed E-state index contributed by atoms with van der Waals surface area (Å²) in [4.78, 5) is 11.8. The van der Waals surface area contributed by atoms with Crippen LogP contribution < -0.4 is 10.1 Å². The zero-order chi connectivity index (χ0) is 15.1. The highest BCUT2D eigenvalue weighted by Crippen LogP contribution is 2.22. The Balaban J connectivity index is 2.42. The fourth-order valence-electron chi connectivity index (χ4n) is 1.97. The lowest BCUT2D eigenvalue weighted by Gasteiger charge is -2.20. The van der Waals surface area contributed by atoms with Gasteiger partial charge < -0.3 is 15.2 Å². The van der Waals surface area contributed by atoms with Gasteiger partial charge in [0.05, 0.1) is 25.7 Å². The molecule has 0 aliphatic carbocycles. The zero-order valence-electron chi connectivity index (χ0n) is 12.8. The van der Waals surface area contributed by atoms with Gasteiger partial charge in [0.25, 0.3) is 0 Å². The molecule has 0 aliphatic rings. The van der Waals surface area contributed by atoms with E-state index in [1.165, 1.54) is 0 Å². The Morgan fingerprint density at radius 3 is 2.40 bits per heavy atom. The molecule has 1 aromatic rings. The highest BCUT2D eigenvalue weighted by atomic mass is 16.5. The molecule has 0 spiro atoms. The minimum atomic E-state index is -0.192. The molecule has 4 heteroatoms. The van der Waals surface area contributed by atoms with Gasteiger partial charge in [-0.3, -0.25) is 4.79 Å². The second kappa shape index (κ2) is 7.90. The van der Waals surface area contributed by atoms with Gasteiger partial charge in [-0.25, -0.2) is 0 Å². The second-order valence-corrected chi connectivity index (χ2v) is 5.42. The average molecular weight is 279 g/mol. The quantitative estimate of drug-likeness (QED) is 0.804. The largest absolute Gasteiger partial charge is 0.493 e. The van der Waals surface area contributed by atoms with Crippen LogP contribution in [0.4, 0.5) is 0 Å². The van der Waals surface area contributed by atoms with Crippen LogP contribution in [0.1, 0.15) is 31.4 Å². The van der Waals surface area contributed by atoms with Crippen LogP contribution in [-0.4, -0.2) is 30.3 Å². The standard InChI is InChI=1S/C16H25NO3/c1-11(2)14(10-18)17-15(19)8-9-20-16-12(3)6-5-7-13(16)4/h5-7,11,14,18H,8-10H2,1-4H3,(H,17,19). The monoisotopic (exact) mass is 279 g/mol. The third kappa shape index (κ3) is 4.85. The first-order chi connectivity index (χ1) is 9.45. The van der Waals surface area contributed by atoms with E-state index in [0.717, 1.165) is 16.9 Å². The molecule has 1 unspecified atom stereocenters. The molecule has 112 valence electrons. The molecule has 20 heavy (non-hydrogen) atoms. The molecule has 0 radical (unpaired) electrons. The number of amides is 1. The lowest BCUT2D eigenvalue weighted by Crippen LogP contribution is -2.41. The molecule has 0 saturated heterocycles. The number of carbonyl (C=O) groups is 1. The summed E-state index contributed by atoms with van der Waals surface area (Å²) in [7, 11) is 0. The first-order valence-corrected chi connectivity index (χ1v) is 7.05. The van der Waals surface area contributed by atoms with Crippen molar-refractivity contribution in [1.29, 1.82) is 0 Å². The van der Waals surface area contributed by atoms with Gasteiger partial charge in [0.15, 0.2) is 0 Å². The third-order valence-electron chi connectivity index (χ3n) is 3.33. The summed E-state index contributed by atoms with van der Waals surface area (Å²) >= 11 is 0. The Kier molecular flexibility index (Phi) is 6.52. The maximum atomic E-state index is 11.8. The molecule has 1 atom stereocenters. The molecular weight excluding hydrogens is 254 g/mol. The summed E-state index contributed by atoms with van der Waals surface area (Å²) in [5.41, 5.74) is 2.14. The third-order valence-corrected chi connectivity index (χ3v) is 3.33. The van der Waals surface area contributed by atoms with Crippen LogP contribution in [0.3, 0.4) is 0 Å². The van der Waals surface area contributed by atoms with Gasteiger partial charge in [0.1, 0.15) is 5.75 Å². The van der Waals surface area contributed by atoms with E-state index >= 15 is 0 Å². The molecule has 0 aliphatic heterocycles. The van der Waals surface area contributed by atoms with Gasteiger partial charge in [-0.2, -0.15) is 0 Å². The Labute approximate surface area is 121 Å². The van der Waals surface area contributed by atoms with Crippen LogP contribution in [0.15, 0.2) is 18.2 Å². The number of ether oxygens (including phenoxy) is 1. The van der Waals surface area contributed by atoms with Crippen molar-refractivity contribution in [1.82, 2.24) is 5.32 Å². The summed E-state index contributed by atoms with van der Waals surface area (Å²) in [6.07, 6.45) is 0.289. The predicted molar refractivity (Wildman–Crippen MR) is 79.9 cm³/mol. The molecule has 4 nitrogen and oxygen atoms in total. The van der Waals surface area contributed by atoms with E-state index in [-0.39, 0.29) is 30.9 Å². The number of rotatable bonds is 7. The smallest absolute Gasteiger partial charge is 0.223 e. The van der Waals surface area contributed by atoms with Crippen molar-refractivity contribution in [3.8, 4) is 5.75 Å². The number of aliphatic hydroxyl groups is 1. The molecule has 1 rings (SSSR count). The molecule has 1 amide bonds. The van der Waals surface area contributed by atoms with E-state index in [9.17, 15) is 9.90 Å². The Morgan fingerprint density at radius 2 is 1.90 bits per heavy atom. The van der Waals surface area contributed by atoms with E-state index in [1.807, 2.05) is 45.9 Å². The first kappa shape index (κ1) is 16.5. The SMILES string of the molecule is Cc1cccc(C)c1OCCC(=O)NC(CO)C(C)C. The number of para-hydroxylation sites is 1. The number of aliphatic hydroxyl groups excluding tert-OH is 1. The number of aryl methyl sites for hydroxylation is 2. The van der Waals surface area contributed by atoms with Gasteiger partial charge in [-0.1, -0.05) is 32.0 Å². The molecule has 0 bridgehead atoms. The van der Waals surface area contributed by atoms with Crippen LogP contribution in [0, 0.1) is 19.8 Å². The Bertz CT molecular complexity index is 423. The Hall–Kier alpha value is -1.55. The van der Waals surface area contributed by atoms with E-state index in [4.69, 9.17) is 4.74 Å². The van der Waals surface area contributed by atoms with Crippen LogP contribution in [-0.2, 0) is 4.79 Å². The maximum Gasteiger partial charge on any atom is 0.223 e. The zero-order valence-corrected chi connectivity index (χ0v) is 12.8. The summed E-state index contributed by atoms with van der Waals surface area (Å²) in [6.45, 7) is 8.21. The van der Waals surface area contributed by atoms with E-state index in [1.54, 1.807) is 0 Å². The minimum absolute atomic E-state index is 0.0405. The number of hydrogen-bond acceptors (Lipinski definition) is 3. The number of benzene rings is 1. The predicted octanol–water partition coefficient (Wildman–Crippen LogP) is 2.21. The minimum Gasteiger partial charge on any atom is -0.493 e. The van der Waals surface area contributed by atoms with E-state index in [0.29, 0.717) is 6.61 Å². The van der Waals surface area contributed by atoms with Crippen LogP contribution in [0.2, 0.25) is 0 Å². The van der Waals surface area contributed by atoms with Gasteiger partial charge in [-0.05, 0) is 30.9 Å². The number of carbonyl (C=O) groups excluding carboxylic acids is 1. The Morgan fingerprint density at radius 1 is 1.30 bits per heavy atom. The maximum absolute atomic E-state index is 11.8. The van der Waals surface area contributed by atoms with Crippen molar-refractivity contribution in [3.63, 3.8) is 0 Å². The summed E-state index contributed by atoms with van der Waals surface area (Å²) in [6, 6.07) is 5.77. The molecule has 2 N–H and O–H groups in total. The van der Waals surface area contributed by atoms with Gasteiger partial charge >= 0.3 is 0 Å². The van der Waals surface area contributed by atoms with Crippen LogP contribution in [0.5, 0.6) is 5.75 Å². The van der Waals surface area contributed by atoms with Crippen LogP contribution in [0.25, 0.3) is 0 Å². The van der Waals surface area contributed by atoms with E-state index < -0.39 is 0 Å². The molecule has 0 aromatic heterocycles. The molecule has 0 saturated carbocycles. The van der Waals surface area contributed by atoms with Crippen molar-refractivity contribution in [2.24, 2.45) is 5.92 Å². The topological polar surface area (TPSA) is 58.6 Å². The highest BCUT2D eigenvalue weighted by Gasteiger charge is 2.15. The van der Waals surface area contributed by atoms with Gasteiger partial charge in [-0.15, -0.1) is 0 Å².